The fraction of sp³-hybridized carbons (Fsp3) is 0.407. The van der Waals surface area contributed by atoms with Gasteiger partial charge in [0.2, 0.25) is 11.7 Å². The van der Waals surface area contributed by atoms with Crippen molar-refractivity contribution in [3.05, 3.63) is 59.7 Å². The van der Waals surface area contributed by atoms with Gasteiger partial charge >= 0.3 is 6.01 Å². The molecule has 1 aromatic heterocycles. The van der Waals surface area contributed by atoms with Gasteiger partial charge in [-0.05, 0) is 49.1 Å². The first-order valence-corrected chi connectivity index (χ1v) is 12.2. The van der Waals surface area contributed by atoms with Crippen molar-refractivity contribution in [2.75, 3.05) is 56.1 Å². The second-order valence-corrected chi connectivity index (χ2v) is 9.44. The van der Waals surface area contributed by atoms with E-state index in [0.717, 1.165) is 67.4 Å². The van der Waals surface area contributed by atoms with E-state index in [-0.39, 0.29) is 5.91 Å². The molecule has 1 unspecified atom stereocenters. The topological polar surface area (TPSA) is 78.1 Å². The lowest BCUT2D eigenvalue weighted by molar-refractivity contribution is -0.117. The first-order valence-electron chi connectivity index (χ1n) is 12.2. The van der Waals surface area contributed by atoms with Gasteiger partial charge in [-0.1, -0.05) is 35.5 Å². The Balaban J connectivity index is 1.16. The first-order chi connectivity index (χ1) is 17.0. The number of carbonyl (C=O) groups is 1. The van der Waals surface area contributed by atoms with Gasteiger partial charge in [0.05, 0.1) is 0 Å². The molecule has 8 nitrogen and oxygen atoms in total. The van der Waals surface area contributed by atoms with Crippen LogP contribution in [0.5, 0.6) is 0 Å². The molecule has 2 aliphatic heterocycles. The first kappa shape index (κ1) is 23.2. The van der Waals surface area contributed by atoms with Gasteiger partial charge in [-0.2, -0.15) is 4.98 Å². The normalized spacial score (nSPS) is 19.6. The second-order valence-electron chi connectivity index (χ2n) is 9.44. The standard InChI is InChI=1S/C27H32N6O2/c1-19-15-22(9-10-24(19)20(2)28-3)26-29-27(35-30-26)32-13-11-31(12-14-32)17-21-16-25(34)33(18-21)23-7-5-4-6-8-23/h4-10,15,21H,11-14,16-18H2,1-3H3/b28-20-. The molecule has 0 bridgehead atoms. The van der Waals surface area contributed by atoms with Crippen molar-refractivity contribution >= 4 is 23.3 Å². The minimum atomic E-state index is 0.221. The number of aryl methyl sites for hydroxylation is 1. The minimum absolute atomic E-state index is 0.221. The van der Waals surface area contributed by atoms with Crippen LogP contribution in [0.3, 0.4) is 0 Å². The zero-order valence-corrected chi connectivity index (χ0v) is 20.6. The van der Waals surface area contributed by atoms with Crippen LogP contribution < -0.4 is 9.80 Å². The van der Waals surface area contributed by atoms with Crippen LogP contribution in [0.25, 0.3) is 11.4 Å². The van der Waals surface area contributed by atoms with Gasteiger partial charge in [0.15, 0.2) is 0 Å². The monoisotopic (exact) mass is 472 g/mol. The molecule has 8 heteroatoms. The van der Waals surface area contributed by atoms with E-state index in [2.05, 4.69) is 44.0 Å². The van der Waals surface area contributed by atoms with Crippen LogP contribution in [-0.4, -0.2) is 73.0 Å². The number of hydrogen-bond donors (Lipinski definition) is 0. The predicted molar refractivity (Wildman–Crippen MR) is 138 cm³/mol. The Labute approximate surface area is 206 Å². The Kier molecular flexibility index (Phi) is 6.63. The third-order valence-corrected chi connectivity index (χ3v) is 7.06. The van der Waals surface area contributed by atoms with Crippen molar-refractivity contribution in [1.29, 1.82) is 0 Å². The van der Waals surface area contributed by atoms with Gasteiger partial charge in [-0.3, -0.25) is 14.7 Å². The molecule has 3 heterocycles. The van der Waals surface area contributed by atoms with Gasteiger partial charge in [0.1, 0.15) is 0 Å². The molecule has 0 aliphatic carbocycles. The summed E-state index contributed by atoms with van der Waals surface area (Å²) >= 11 is 0. The van der Waals surface area contributed by atoms with E-state index in [9.17, 15) is 4.79 Å². The van der Waals surface area contributed by atoms with E-state index >= 15 is 0 Å². The van der Waals surface area contributed by atoms with Crippen molar-refractivity contribution in [2.45, 2.75) is 20.3 Å². The summed E-state index contributed by atoms with van der Waals surface area (Å²) in [5.74, 6) is 1.18. The van der Waals surface area contributed by atoms with Crippen LogP contribution in [0.4, 0.5) is 11.7 Å². The van der Waals surface area contributed by atoms with Crippen molar-refractivity contribution in [3.63, 3.8) is 0 Å². The minimum Gasteiger partial charge on any atom is -0.322 e. The summed E-state index contributed by atoms with van der Waals surface area (Å²) in [6.45, 7) is 9.29. The summed E-state index contributed by atoms with van der Waals surface area (Å²) in [4.78, 5) is 28.0. The molecule has 182 valence electrons. The van der Waals surface area contributed by atoms with Gasteiger partial charge in [-0.25, -0.2) is 0 Å². The summed E-state index contributed by atoms with van der Waals surface area (Å²) in [5.41, 5.74) is 5.22. The number of carbonyl (C=O) groups excluding carboxylic acids is 1. The Morgan fingerprint density at radius 1 is 1.11 bits per heavy atom. The molecule has 2 aliphatic rings. The third-order valence-electron chi connectivity index (χ3n) is 7.06. The van der Waals surface area contributed by atoms with Gasteiger partial charge in [0.25, 0.3) is 0 Å². The number of aromatic nitrogens is 2. The van der Waals surface area contributed by atoms with Crippen LogP contribution in [0.15, 0.2) is 58.0 Å². The quantitative estimate of drug-likeness (QED) is 0.510. The third kappa shape index (κ3) is 4.98. The maximum Gasteiger partial charge on any atom is 0.324 e. The Morgan fingerprint density at radius 2 is 1.89 bits per heavy atom. The number of benzene rings is 2. The summed E-state index contributed by atoms with van der Waals surface area (Å²) in [6.07, 6.45) is 0.615. The molecule has 5 rings (SSSR count). The summed E-state index contributed by atoms with van der Waals surface area (Å²) in [7, 11) is 1.81. The zero-order chi connectivity index (χ0) is 24.4. The molecule has 35 heavy (non-hydrogen) atoms. The van der Waals surface area contributed by atoms with E-state index in [4.69, 9.17) is 4.52 Å². The van der Waals surface area contributed by atoms with Gasteiger partial charge < -0.3 is 14.3 Å². The number of piperazine rings is 1. The number of aliphatic imine (C=N–C) groups is 1. The lowest BCUT2D eigenvalue weighted by atomic mass is 10.0. The molecule has 1 atom stereocenters. The summed E-state index contributed by atoms with van der Waals surface area (Å²) < 4.78 is 5.61. The molecule has 2 saturated heterocycles. The fourth-order valence-electron chi connectivity index (χ4n) is 5.04. The highest BCUT2D eigenvalue weighted by molar-refractivity contribution is 6.00. The van der Waals surface area contributed by atoms with Crippen molar-refractivity contribution in [2.24, 2.45) is 10.9 Å². The average Bonchev–Trinajstić information content (AvgIpc) is 3.51. The highest BCUT2D eigenvalue weighted by atomic mass is 16.5. The molecule has 0 saturated carbocycles. The summed E-state index contributed by atoms with van der Waals surface area (Å²) in [6, 6.07) is 16.7. The molecule has 2 fully saturated rings. The van der Waals surface area contributed by atoms with Crippen LogP contribution in [0, 0.1) is 12.8 Å². The molecule has 0 N–H and O–H groups in total. The predicted octanol–water partition coefficient (Wildman–Crippen LogP) is 3.66. The fourth-order valence-corrected chi connectivity index (χ4v) is 5.04. The van der Waals surface area contributed by atoms with E-state index in [1.165, 1.54) is 0 Å². The van der Waals surface area contributed by atoms with Crippen LogP contribution in [0.2, 0.25) is 0 Å². The Hall–Kier alpha value is -3.52. The molecule has 0 spiro atoms. The number of hydrogen-bond acceptors (Lipinski definition) is 7. The van der Waals surface area contributed by atoms with E-state index in [0.29, 0.717) is 24.2 Å². The molecule has 0 radical (unpaired) electrons. The molecule has 1 amide bonds. The summed E-state index contributed by atoms with van der Waals surface area (Å²) in [5, 5.41) is 4.23. The molecular formula is C27H32N6O2. The highest BCUT2D eigenvalue weighted by Gasteiger charge is 2.32. The Bertz CT molecular complexity index is 1210. The lowest BCUT2D eigenvalue weighted by Gasteiger charge is -2.34. The van der Waals surface area contributed by atoms with Gasteiger partial charge in [-0.15, -0.1) is 0 Å². The average molecular weight is 473 g/mol. The number of rotatable bonds is 6. The molecule has 3 aromatic rings. The largest absolute Gasteiger partial charge is 0.324 e. The van der Waals surface area contributed by atoms with E-state index in [1.54, 1.807) is 7.05 Å². The highest BCUT2D eigenvalue weighted by Crippen LogP contribution is 2.27. The Morgan fingerprint density at radius 3 is 2.60 bits per heavy atom. The smallest absolute Gasteiger partial charge is 0.322 e. The van der Waals surface area contributed by atoms with Gasteiger partial charge in [0, 0.05) is 69.7 Å². The maximum absolute atomic E-state index is 12.5. The van der Waals surface area contributed by atoms with Crippen molar-refractivity contribution in [3.8, 4) is 11.4 Å². The van der Waals surface area contributed by atoms with Crippen molar-refractivity contribution in [1.82, 2.24) is 15.0 Å². The zero-order valence-electron chi connectivity index (χ0n) is 20.6. The van der Waals surface area contributed by atoms with Crippen molar-refractivity contribution < 1.29 is 9.32 Å². The van der Waals surface area contributed by atoms with Crippen LogP contribution in [0.1, 0.15) is 24.5 Å². The number of anilines is 2. The number of para-hydroxylation sites is 1. The van der Waals surface area contributed by atoms with E-state index in [1.807, 2.05) is 48.2 Å². The molecule has 2 aromatic carbocycles. The maximum atomic E-state index is 12.5. The second kappa shape index (κ2) is 10.00. The van der Waals surface area contributed by atoms with Crippen LogP contribution in [-0.2, 0) is 4.79 Å². The lowest BCUT2D eigenvalue weighted by Crippen LogP contribution is -2.48. The number of amides is 1. The molecular weight excluding hydrogens is 440 g/mol. The van der Waals surface area contributed by atoms with Crippen LogP contribution >= 0.6 is 0 Å². The SMILES string of the molecule is C/N=C(/C)c1ccc(-c2noc(N3CCN(CC4CC(=O)N(c5ccccc5)C4)CC3)n2)cc1C. The number of nitrogens with zero attached hydrogens (tertiary/aromatic N) is 6. The van der Waals surface area contributed by atoms with E-state index < -0.39 is 0 Å².